The third-order valence-electron chi connectivity index (χ3n) is 1.31. The van der Waals surface area contributed by atoms with Crippen LogP contribution in [0.3, 0.4) is 0 Å². The highest BCUT2D eigenvalue weighted by Gasteiger charge is 2.11. The van der Waals surface area contributed by atoms with Crippen LogP contribution in [0.1, 0.15) is 16.1 Å². The molecule has 0 aliphatic rings. The lowest BCUT2D eigenvalue weighted by Gasteiger charge is -2.01. The molecule has 0 bridgehead atoms. The van der Waals surface area contributed by atoms with Gasteiger partial charge in [0, 0.05) is 0 Å². The highest BCUT2D eigenvalue weighted by molar-refractivity contribution is 9.10. The molecule has 0 fully saturated rings. The first-order chi connectivity index (χ1) is 5.52. The van der Waals surface area contributed by atoms with Gasteiger partial charge in [-0.05, 0) is 34.5 Å². The molecule has 0 atom stereocenters. The number of aryl methyl sites for hydroxylation is 1. The highest BCUT2D eigenvalue weighted by Crippen LogP contribution is 2.21. The summed E-state index contributed by atoms with van der Waals surface area (Å²) in [7, 11) is 0. The Labute approximate surface area is 82.5 Å². The largest absolute Gasteiger partial charge is 0.476 e. The SMILES string of the molecule is Cc1cc(Br)c(C(=O)O)nc1Cl. The maximum Gasteiger partial charge on any atom is 0.355 e. The van der Waals surface area contributed by atoms with Gasteiger partial charge in [-0.15, -0.1) is 0 Å². The van der Waals surface area contributed by atoms with E-state index in [1.807, 2.05) is 0 Å². The summed E-state index contributed by atoms with van der Waals surface area (Å²) in [5.41, 5.74) is 0.680. The van der Waals surface area contributed by atoms with Crippen LogP contribution in [0.2, 0.25) is 5.15 Å². The van der Waals surface area contributed by atoms with E-state index < -0.39 is 5.97 Å². The number of carbonyl (C=O) groups is 1. The summed E-state index contributed by atoms with van der Waals surface area (Å²) in [6, 6.07) is 1.62. The van der Waals surface area contributed by atoms with Crippen LogP contribution in [0, 0.1) is 6.92 Å². The monoisotopic (exact) mass is 249 g/mol. The number of aromatic nitrogens is 1. The Hall–Kier alpha value is -0.610. The van der Waals surface area contributed by atoms with Crippen LogP contribution in [-0.4, -0.2) is 16.1 Å². The fraction of sp³-hybridized carbons (Fsp3) is 0.143. The van der Waals surface area contributed by atoms with Gasteiger partial charge in [-0.3, -0.25) is 0 Å². The summed E-state index contributed by atoms with van der Waals surface area (Å²) in [5.74, 6) is -1.09. The van der Waals surface area contributed by atoms with Gasteiger partial charge in [0.1, 0.15) is 5.15 Å². The van der Waals surface area contributed by atoms with Gasteiger partial charge in [-0.2, -0.15) is 0 Å². The first kappa shape index (κ1) is 9.48. The van der Waals surface area contributed by atoms with Crippen LogP contribution in [0.15, 0.2) is 10.5 Å². The number of pyridine rings is 1. The predicted molar refractivity (Wildman–Crippen MR) is 48.6 cm³/mol. The quantitative estimate of drug-likeness (QED) is 0.779. The summed E-state index contributed by atoms with van der Waals surface area (Å²) in [6.45, 7) is 1.76. The van der Waals surface area contributed by atoms with E-state index >= 15 is 0 Å². The van der Waals surface area contributed by atoms with E-state index in [0.29, 0.717) is 4.47 Å². The average Bonchev–Trinajstić information content (AvgIpc) is 1.96. The van der Waals surface area contributed by atoms with Gasteiger partial charge in [0.15, 0.2) is 5.69 Å². The van der Waals surface area contributed by atoms with Crippen molar-refractivity contribution in [1.82, 2.24) is 4.98 Å². The van der Waals surface area contributed by atoms with Crippen molar-refractivity contribution in [3.05, 3.63) is 26.9 Å². The Morgan fingerprint density at radius 2 is 2.33 bits per heavy atom. The molecule has 3 nitrogen and oxygen atoms in total. The number of aromatic carboxylic acids is 1. The topological polar surface area (TPSA) is 50.2 Å². The fourth-order valence-electron chi connectivity index (χ4n) is 0.708. The molecular formula is C7H5BrClNO2. The number of carboxylic acid groups (broad SMARTS) is 1. The molecule has 1 aromatic heterocycles. The smallest absolute Gasteiger partial charge is 0.355 e. The van der Waals surface area contributed by atoms with Crippen molar-refractivity contribution >= 4 is 33.5 Å². The van der Waals surface area contributed by atoms with Crippen molar-refractivity contribution in [3.63, 3.8) is 0 Å². The summed E-state index contributed by atoms with van der Waals surface area (Å²) in [4.78, 5) is 14.2. The van der Waals surface area contributed by atoms with E-state index in [9.17, 15) is 4.79 Å². The maximum absolute atomic E-state index is 10.5. The van der Waals surface area contributed by atoms with Gasteiger partial charge in [0.2, 0.25) is 0 Å². The molecule has 1 heterocycles. The van der Waals surface area contributed by atoms with Crippen molar-refractivity contribution in [2.24, 2.45) is 0 Å². The minimum atomic E-state index is -1.09. The van der Waals surface area contributed by atoms with Gasteiger partial charge in [-0.1, -0.05) is 11.6 Å². The highest BCUT2D eigenvalue weighted by atomic mass is 79.9. The second-order valence-corrected chi connectivity index (χ2v) is 3.44. The van der Waals surface area contributed by atoms with Gasteiger partial charge in [-0.25, -0.2) is 9.78 Å². The van der Waals surface area contributed by atoms with E-state index in [2.05, 4.69) is 20.9 Å². The van der Waals surface area contributed by atoms with Crippen LogP contribution in [0.4, 0.5) is 0 Å². The lowest BCUT2D eigenvalue weighted by atomic mass is 10.3. The maximum atomic E-state index is 10.5. The Morgan fingerprint density at radius 3 is 2.83 bits per heavy atom. The lowest BCUT2D eigenvalue weighted by Crippen LogP contribution is -2.02. The third kappa shape index (κ3) is 1.76. The molecule has 0 radical (unpaired) electrons. The molecular weight excluding hydrogens is 245 g/mol. The van der Waals surface area contributed by atoms with E-state index in [4.69, 9.17) is 16.7 Å². The van der Waals surface area contributed by atoms with Crippen molar-refractivity contribution in [2.45, 2.75) is 6.92 Å². The Balaban J connectivity index is 3.33. The predicted octanol–water partition coefficient (Wildman–Crippen LogP) is 2.50. The minimum absolute atomic E-state index is 0.0643. The summed E-state index contributed by atoms with van der Waals surface area (Å²) < 4.78 is 0.442. The molecule has 5 heteroatoms. The number of hydrogen-bond donors (Lipinski definition) is 1. The third-order valence-corrected chi connectivity index (χ3v) is 2.29. The number of hydrogen-bond acceptors (Lipinski definition) is 2. The first-order valence-electron chi connectivity index (χ1n) is 3.08. The molecule has 0 amide bonds. The van der Waals surface area contributed by atoms with E-state index in [1.54, 1.807) is 13.0 Å². The molecule has 1 N–H and O–H groups in total. The second kappa shape index (κ2) is 3.41. The molecule has 0 saturated carbocycles. The van der Waals surface area contributed by atoms with Gasteiger partial charge < -0.3 is 5.11 Å². The number of rotatable bonds is 1. The van der Waals surface area contributed by atoms with Crippen molar-refractivity contribution < 1.29 is 9.90 Å². The van der Waals surface area contributed by atoms with Crippen LogP contribution >= 0.6 is 27.5 Å². The standard InChI is InChI=1S/C7H5BrClNO2/c1-3-2-4(8)5(7(11)12)10-6(3)9/h2H,1H3,(H,11,12). The summed E-state index contributed by atoms with van der Waals surface area (Å²) in [6.07, 6.45) is 0. The molecule has 0 saturated heterocycles. The Bertz CT molecular complexity index is 340. The number of carboxylic acids is 1. The fourth-order valence-corrected chi connectivity index (χ4v) is 1.45. The molecule has 0 aliphatic carbocycles. The van der Waals surface area contributed by atoms with E-state index in [1.165, 1.54) is 0 Å². The van der Waals surface area contributed by atoms with Gasteiger partial charge in [0.25, 0.3) is 0 Å². The zero-order chi connectivity index (χ0) is 9.30. The molecule has 0 aliphatic heterocycles. The molecule has 0 unspecified atom stereocenters. The van der Waals surface area contributed by atoms with Gasteiger partial charge in [0.05, 0.1) is 4.47 Å². The molecule has 0 spiro atoms. The summed E-state index contributed by atoms with van der Waals surface area (Å²) >= 11 is 8.71. The van der Waals surface area contributed by atoms with Crippen LogP contribution in [-0.2, 0) is 0 Å². The van der Waals surface area contributed by atoms with Crippen molar-refractivity contribution in [1.29, 1.82) is 0 Å². The zero-order valence-electron chi connectivity index (χ0n) is 6.14. The lowest BCUT2D eigenvalue weighted by molar-refractivity contribution is 0.0689. The Morgan fingerprint density at radius 1 is 1.75 bits per heavy atom. The van der Waals surface area contributed by atoms with Crippen molar-refractivity contribution in [2.75, 3.05) is 0 Å². The molecule has 0 aromatic carbocycles. The number of halogens is 2. The van der Waals surface area contributed by atoms with Crippen LogP contribution < -0.4 is 0 Å². The summed E-state index contributed by atoms with van der Waals surface area (Å²) in [5, 5.41) is 8.85. The van der Waals surface area contributed by atoms with E-state index in [-0.39, 0.29) is 10.8 Å². The second-order valence-electron chi connectivity index (χ2n) is 2.23. The first-order valence-corrected chi connectivity index (χ1v) is 4.25. The Kier molecular flexibility index (Phi) is 2.69. The number of nitrogens with zero attached hydrogens (tertiary/aromatic N) is 1. The molecule has 12 heavy (non-hydrogen) atoms. The normalized spacial score (nSPS) is 9.92. The molecule has 1 aromatic rings. The molecule has 1 rings (SSSR count). The average molecular weight is 250 g/mol. The molecule has 64 valence electrons. The van der Waals surface area contributed by atoms with Gasteiger partial charge >= 0.3 is 5.97 Å². The minimum Gasteiger partial charge on any atom is -0.476 e. The van der Waals surface area contributed by atoms with Crippen molar-refractivity contribution in [3.8, 4) is 0 Å². The van der Waals surface area contributed by atoms with Crippen LogP contribution in [0.5, 0.6) is 0 Å². The van der Waals surface area contributed by atoms with E-state index in [0.717, 1.165) is 5.56 Å². The zero-order valence-corrected chi connectivity index (χ0v) is 8.48. The van der Waals surface area contributed by atoms with Crippen LogP contribution in [0.25, 0.3) is 0 Å².